The molecule has 0 aliphatic carbocycles. The summed E-state index contributed by atoms with van der Waals surface area (Å²) in [5.74, 6) is -1.27. The fraction of sp³-hybridized carbons (Fsp3) is 0.167. The van der Waals surface area contributed by atoms with Crippen molar-refractivity contribution in [2.45, 2.75) is 18.9 Å². The van der Waals surface area contributed by atoms with E-state index in [0.29, 0.717) is 10.7 Å². The largest absolute Gasteiger partial charge is 0.452 e. The lowest BCUT2D eigenvalue weighted by molar-refractivity contribution is -0.119. The standard InChI is InChI=1S/C24H21I2N3O4S/c1-14-10-16(25)5-7-19(14)28-21(30)12-33-24(32)18-4-3-9-27-23(18)34-13-22(31)29-20-8-6-17(26)11-15(20)2/h3-11H,12-13H2,1-2H3,(H,28,30)(H,29,31). The van der Waals surface area contributed by atoms with E-state index in [2.05, 4.69) is 60.8 Å². The highest BCUT2D eigenvalue weighted by Gasteiger charge is 2.17. The van der Waals surface area contributed by atoms with Crippen LogP contribution in [0.5, 0.6) is 0 Å². The van der Waals surface area contributed by atoms with Crippen LogP contribution in [0.2, 0.25) is 0 Å². The quantitative estimate of drug-likeness (QED) is 0.185. The maximum Gasteiger partial charge on any atom is 0.341 e. The number of carbonyl (C=O) groups is 3. The van der Waals surface area contributed by atoms with Crippen molar-refractivity contribution in [1.29, 1.82) is 0 Å². The molecule has 3 rings (SSSR count). The molecule has 0 saturated carbocycles. The zero-order valence-electron chi connectivity index (χ0n) is 18.4. The number of hydrogen-bond donors (Lipinski definition) is 2. The second-order valence-corrected chi connectivity index (χ2v) is 10.7. The van der Waals surface area contributed by atoms with Crippen LogP contribution in [0.1, 0.15) is 21.5 Å². The minimum Gasteiger partial charge on any atom is -0.452 e. The Balaban J connectivity index is 1.55. The first kappa shape index (κ1) is 26.4. The van der Waals surface area contributed by atoms with Crippen LogP contribution >= 0.6 is 56.9 Å². The van der Waals surface area contributed by atoms with Gasteiger partial charge in [0.2, 0.25) is 5.91 Å². The lowest BCUT2D eigenvalue weighted by Gasteiger charge is -2.11. The normalized spacial score (nSPS) is 10.5. The molecule has 0 saturated heterocycles. The van der Waals surface area contributed by atoms with Gasteiger partial charge in [-0.25, -0.2) is 9.78 Å². The number of benzene rings is 2. The monoisotopic (exact) mass is 701 g/mol. The van der Waals surface area contributed by atoms with Gasteiger partial charge < -0.3 is 15.4 Å². The van der Waals surface area contributed by atoms with Gasteiger partial charge in [0.1, 0.15) is 5.03 Å². The van der Waals surface area contributed by atoms with E-state index in [4.69, 9.17) is 4.74 Å². The lowest BCUT2D eigenvalue weighted by atomic mass is 10.2. The van der Waals surface area contributed by atoms with E-state index < -0.39 is 18.5 Å². The number of rotatable bonds is 8. The number of pyridine rings is 1. The Labute approximate surface area is 229 Å². The van der Waals surface area contributed by atoms with Gasteiger partial charge in [0.05, 0.1) is 11.3 Å². The molecule has 2 amide bonds. The molecule has 34 heavy (non-hydrogen) atoms. The SMILES string of the molecule is Cc1cc(I)ccc1NC(=O)COC(=O)c1cccnc1SCC(=O)Nc1ccc(I)cc1C. The second kappa shape index (κ2) is 12.5. The van der Waals surface area contributed by atoms with E-state index >= 15 is 0 Å². The Morgan fingerprint density at radius 2 is 1.50 bits per heavy atom. The maximum absolute atomic E-state index is 12.6. The van der Waals surface area contributed by atoms with E-state index in [0.717, 1.165) is 35.7 Å². The Morgan fingerprint density at radius 1 is 0.912 bits per heavy atom. The van der Waals surface area contributed by atoms with Crippen molar-refractivity contribution in [1.82, 2.24) is 4.98 Å². The predicted molar refractivity (Wildman–Crippen MR) is 150 cm³/mol. The fourth-order valence-corrected chi connectivity index (χ4v) is 4.99. The van der Waals surface area contributed by atoms with Crippen LogP contribution in [0, 0.1) is 21.0 Å². The van der Waals surface area contributed by atoms with Crippen molar-refractivity contribution in [2.24, 2.45) is 0 Å². The fourth-order valence-electron chi connectivity index (χ4n) is 2.91. The summed E-state index contributed by atoms with van der Waals surface area (Å²) in [6, 6.07) is 14.5. The molecule has 7 nitrogen and oxygen atoms in total. The van der Waals surface area contributed by atoms with Crippen LogP contribution in [-0.2, 0) is 14.3 Å². The topological polar surface area (TPSA) is 97.4 Å². The highest BCUT2D eigenvalue weighted by molar-refractivity contribution is 14.1. The van der Waals surface area contributed by atoms with Crippen molar-refractivity contribution < 1.29 is 19.1 Å². The summed E-state index contributed by atoms with van der Waals surface area (Å²) in [6.07, 6.45) is 1.53. The maximum atomic E-state index is 12.6. The van der Waals surface area contributed by atoms with E-state index in [9.17, 15) is 14.4 Å². The molecule has 1 heterocycles. The number of hydrogen-bond acceptors (Lipinski definition) is 6. The van der Waals surface area contributed by atoms with Crippen LogP contribution in [-0.4, -0.2) is 35.1 Å². The third kappa shape index (κ3) is 7.67. The Bertz CT molecular complexity index is 1240. The molecule has 10 heteroatoms. The van der Waals surface area contributed by atoms with Gasteiger partial charge in [-0.05, 0) is 119 Å². The molecule has 0 bridgehead atoms. The number of halogens is 2. The van der Waals surface area contributed by atoms with E-state index in [1.165, 1.54) is 6.20 Å². The number of anilines is 2. The molecular weight excluding hydrogens is 680 g/mol. The molecule has 2 aromatic carbocycles. The average molecular weight is 701 g/mol. The number of ether oxygens (including phenoxy) is 1. The zero-order valence-corrected chi connectivity index (χ0v) is 23.5. The van der Waals surface area contributed by atoms with Gasteiger partial charge in [-0.2, -0.15) is 0 Å². The van der Waals surface area contributed by atoms with E-state index in [1.807, 2.05) is 44.2 Å². The summed E-state index contributed by atoms with van der Waals surface area (Å²) >= 11 is 5.53. The third-order valence-electron chi connectivity index (χ3n) is 4.59. The number of aromatic nitrogens is 1. The summed E-state index contributed by atoms with van der Waals surface area (Å²) < 4.78 is 7.33. The van der Waals surface area contributed by atoms with Crippen LogP contribution in [0.25, 0.3) is 0 Å². The van der Waals surface area contributed by atoms with Crippen molar-refractivity contribution in [3.8, 4) is 0 Å². The molecule has 0 aliphatic heterocycles. The average Bonchev–Trinajstić information content (AvgIpc) is 2.80. The molecule has 0 aliphatic rings. The number of thioether (sulfide) groups is 1. The molecule has 0 fully saturated rings. The van der Waals surface area contributed by atoms with Gasteiger partial charge in [0.25, 0.3) is 5.91 Å². The molecule has 176 valence electrons. The van der Waals surface area contributed by atoms with Gasteiger partial charge in [0, 0.05) is 24.7 Å². The summed E-state index contributed by atoms with van der Waals surface area (Å²) in [7, 11) is 0. The third-order valence-corrected chi connectivity index (χ3v) is 6.94. The molecule has 0 spiro atoms. The van der Waals surface area contributed by atoms with Crippen LogP contribution in [0.4, 0.5) is 11.4 Å². The number of nitrogens with zero attached hydrogens (tertiary/aromatic N) is 1. The Hall–Kier alpha value is -2.19. The highest BCUT2D eigenvalue weighted by atomic mass is 127. The van der Waals surface area contributed by atoms with Gasteiger partial charge in [0.15, 0.2) is 6.61 Å². The summed E-state index contributed by atoms with van der Waals surface area (Å²) in [5.41, 5.74) is 3.47. The van der Waals surface area contributed by atoms with Crippen LogP contribution < -0.4 is 10.6 Å². The first-order chi connectivity index (χ1) is 16.2. The number of carbonyl (C=O) groups excluding carboxylic acids is 3. The first-order valence-corrected chi connectivity index (χ1v) is 13.2. The summed E-state index contributed by atoms with van der Waals surface area (Å²) in [6.45, 7) is 3.38. The van der Waals surface area contributed by atoms with Crippen LogP contribution in [0.15, 0.2) is 59.8 Å². The van der Waals surface area contributed by atoms with Crippen molar-refractivity contribution in [3.63, 3.8) is 0 Å². The summed E-state index contributed by atoms with van der Waals surface area (Å²) in [4.78, 5) is 41.4. The van der Waals surface area contributed by atoms with Crippen molar-refractivity contribution in [2.75, 3.05) is 23.0 Å². The lowest BCUT2D eigenvalue weighted by Crippen LogP contribution is -2.22. The minimum absolute atomic E-state index is 0.0648. The summed E-state index contributed by atoms with van der Waals surface area (Å²) in [5, 5.41) is 5.96. The number of esters is 1. The number of aryl methyl sites for hydroxylation is 2. The van der Waals surface area contributed by atoms with Gasteiger partial charge in [-0.1, -0.05) is 11.8 Å². The number of nitrogens with one attached hydrogen (secondary N) is 2. The zero-order chi connectivity index (χ0) is 24.7. The van der Waals surface area contributed by atoms with E-state index in [-0.39, 0.29) is 17.2 Å². The molecule has 3 aromatic rings. The molecule has 0 unspecified atom stereocenters. The minimum atomic E-state index is -0.682. The van der Waals surface area contributed by atoms with Gasteiger partial charge in [-0.3, -0.25) is 9.59 Å². The Morgan fingerprint density at radius 3 is 2.09 bits per heavy atom. The molecular formula is C24H21I2N3O4S. The smallest absolute Gasteiger partial charge is 0.341 e. The van der Waals surface area contributed by atoms with E-state index in [1.54, 1.807) is 18.2 Å². The molecule has 0 atom stereocenters. The van der Waals surface area contributed by atoms with Crippen molar-refractivity contribution in [3.05, 3.63) is 78.6 Å². The first-order valence-electron chi connectivity index (χ1n) is 10.1. The van der Waals surface area contributed by atoms with Gasteiger partial charge >= 0.3 is 5.97 Å². The molecule has 1 aromatic heterocycles. The molecule has 0 radical (unpaired) electrons. The highest BCUT2D eigenvalue weighted by Crippen LogP contribution is 2.23. The van der Waals surface area contributed by atoms with Crippen molar-refractivity contribution >= 4 is 86.1 Å². The predicted octanol–water partition coefficient (Wildman–Crippen LogP) is 5.43. The van der Waals surface area contributed by atoms with Gasteiger partial charge in [-0.15, -0.1) is 0 Å². The second-order valence-electron chi connectivity index (χ2n) is 7.24. The van der Waals surface area contributed by atoms with Crippen LogP contribution in [0.3, 0.4) is 0 Å². The Kier molecular flexibility index (Phi) is 9.71. The molecule has 2 N–H and O–H groups in total. The number of amides is 2.